The number of piperidine rings is 1. The fourth-order valence-corrected chi connectivity index (χ4v) is 6.19. The molecule has 0 bridgehead atoms. The van der Waals surface area contributed by atoms with Gasteiger partial charge in [-0.3, -0.25) is 19.4 Å². The summed E-state index contributed by atoms with van der Waals surface area (Å²) in [6, 6.07) is 3.80. The molecule has 0 unspecified atom stereocenters. The summed E-state index contributed by atoms with van der Waals surface area (Å²) in [4.78, 5) is 44.5. The molecule has 10 heteroatoms. The van der Waals surface area contributed by atoms with Crippen LogP contribution in [0.25, 0.3) is 0 Å². The molecule has 5 heterocycles. The van der Waals surface area contributed by atoms with Gasteiger partial charge in [0.1, 0.15) is 29.4 Å². The van der Waals surface area contributed by atoms with Crippen LogP contribution in [-0.2, 0) is 16.0 Å². The number of rotatable bonds is 7. The summed E-state index contributed by atoms with van der Waals surface area (Å²) in [6.45, 7) is 4.42. The van der Waals surface area contributed by atoms with Crippen LogP contribution < -0.4 is 20.3 Å². The van der Waals surface area contributed by atoms with Gasteiger partial charge in [-0.2, -0.15) is 4.98 Å². The Hall–Kier alpha value is -3.27. The van der Waals surface area contributed by atoms with Crippen molar-refractivity contribution in [2.75, 3.05) is 43.0 Å². The molecule has 2 aromatic rings. The molecule has 1 spiro atoms. The normalized spacial score (nSPS) is 24.4. The zero-order valence-electron chi connectivity index (χ0n) is 21.2. The van der Waals surface area contributed by atoms with Crippen LogP contribution in [0.15, 0.2) is 24.5 Å². The molecule has 4 aliphatic rings. The fourth-order valence-electron chi connectivity index (χ4n) is 6.19. The molecule has 0 radical (unpaired) electrons. The highest BCUT2D eigenvalue weighted by Gasteiger charge is 2.56. The number of nitrogens with zero attached hydrogens (tertiary/aromatic N) is 5. The van der Waals surface area contributed by atoms with Crippen molar-refractivity contribution in [3.05, 3.63) is 30.1 Å². The number of likely N-dealkylation sites (tertiary alicyclic amines) is 1. The first kappa shape index (κ1) is 24.1. The molecule has 3 aliphatic heterocycles. The van der Waals surface area contributed by atoms with Crippen LogP contribution in [0.1, 0.15) is 56.9 Å². The number of ether oxygens (including phenoxy) is 1. The lowest BCUT2D eigenvalue weighted by atomic mass is 9.76. The van der Waals surface area contributed by atoms with Gasteiger partial charge in [0, 0.05) is 37.3 Å². The Kier molecular flexibility index (Phi) is 6.67. The van der Waals surface area contributed by atoms with Crippen LogP contribution in [0, 0.1) is 5.41 Å². The van der Waals surface area contributed by atoms with Gasteiger partial charge >= 0.3 is 0 Å². The van der Waals surface area contributed by atoms with Crippen LogP contribution in [0.3, 0.4) is 0 Å². The summed E-state index contributed by atoms with van der Waals surface area (Å²) < 4.78 is 5.89. The maximum Gasteiger partial charge on any atom is 0.244 e. The standard InChI is InChI=1S/C27H35N7O3/c35-24-27(10-11-28-24)16-19-17-30-26(32-23(19)34(25(27)36)20-6-2-3-7-20)31-22-9-8-21(18-29-22)37-15-14-33-12-4-1-5-13-33/h8-9,17-18,20H,1-7,10-16H2,(H,28,35)(H,29,30,31,32)/t27-/m1/s1. The third kappa shape index (κ3) is 4.74. The average Bonchev–Trinajstić information content (AvgIpc) is 3.58. The highest BCUT2D eigenvalue weighted by molar-refractivity contribution is 6.14. The van der Waals surface area contributed by atoms with Gasteiger partial charge in [-0.15, -0.1) is 0 Å². The SMILES string of the molecule is O=C1NCC[C@@]12Cc1cnc(Nc3ccc(OCCN4CCCCC4)cn3)nc1N(C1CCCC1)C2=O. The second kappa shape index (κ2) is 10.2. The topological polar surface area (TPSA) is 113 Å². The monoisotopic (exact) mass is 505 g/mol. The molecule has 2 N–H and O–H groups in total. The number of aromatic nitrogens is 3. The van der Waals surface area contributed by atoms with Gasteiger partial charge in [-0.1, -0.05) is 19.3 Å². The van der Waals surface area contributed by atoms with E-state index in [1.807, 2.05) is 12.1 Å². The van der Waals surface area contributed by atoms with Crippen LogP contribution in [0.5, 0.6) is 5.75 Å². The zero-order chi connectivity index (χ0) is 25.2. The molecule has 2 saturated heterocycles. The first-order valence-corrected chi connectivity index (χ1v) is 13.7. The maximum atomic E-state index is 13.8. The zero-order valence-corrected chi connectivity index (χ0v) is 21.2. The van der Waals surface area contributed by atoms with Gasteiger partial charge < -0.3 is 15.4 Å². The predicted molar refractivity (Wildman–Crippen MR) is 139 cm³/mol. The molecule has 1 aliphatic carbocycles. The summed E-state index contributed by atoms with van der Waals surface area (Å²) in [5, 5.41) is 6.04. The Morgan fingerprint density at radius 3 is 2.62 bits per heavy atom. The second-order valence-electron chi connectivity index (χ2n) is 10.7. The van der Waals surface area contributed by atoms with E-state index in [9.17, 15) is 9.59 Å². The summed E-state index contributed by atoms with van der Waals surface area (Å²) >= 11 is 0. The Labute approximate surface area is 217 Å². The first-order chi connectivity index (χ1) is 18.1. The Bertz CT molecular complexity index is 1150. The van der Waals surface area contributed by atoms with Crippen molar-refractivity contribution >= 4 is 29.4 Å². The van der Waals surface area contributed by atoms with Crippen LogP contribution in [0.2, 0.25) is 0 Å². The lowest BCUT2D eigenvalue weighted by Gasteiger charge is -2.40. The van der Waals surface area contributed by atoms with E-state index in [1.54, 1.807) is 17.3 Å². The molecule has 196 valence electrons. The molecular weight excluding hydrogens is 470 g/mol. The van der Waals surface area contributed by atoms with Crippen molar-refractivity contribution in [2.24, 2.45) is 5.41 Å². The van der Waals surface area contributed by atoms with Gasteiger partial charge in [-0.05, 0) is 57.3 Å². The number of hydrogen-bond donors (Lipinski definition) is 2. The molecule has 6 rings (SSSR count). The second-order valence-corrected chi connectivity index (χ2v) is 10.7. The summed E-state index contributed by atoms with van der Waals surface area (Å²) in [5.74, 6) is 2.05. The van der Waals surface area contributed by atoms with Crippen LogP contribution in [0.4, 0.5) is 17.6 Å². The predicted octanol–water partition coefficient (Wildman–Crippen LogP) is 2.82. The number of carbonyl (C=O) groups is 2. The number of fused-ring (bicyclic) bond motifs is 1. The summed E-state index contributed by atoms with van der Waals surface area (Å²) in [5.41, 5.74) is -0.182. The Balaban J connectivity index is 1.16. The molecule has 10 nitrogen and oxygen atoms in total. The van der Waals surface area contributed by atoms with Crippen molar-refractivity contribution in [1.29, 1.82) is 0 Å². The van der Waals surface area contributed by atoms with E-state index < -0.39 is 5.41 Å². The van der Waals surface area contributed by atoms with Gasteiger partial charge in [-0.25, -0.2) is 9.97 Å². The molecular formula is C27H35N7O3. The van der Waals surface area contributed by atoms with Gasteiger partial charge in [0.2, 0.25) is 17.8 Å². The smallest absolute Gasteiger partial charge is 0.244 e. The maximum absolute atomic E-state index is 13.8. The molecule has 2 amide bonds. The molecule has 1 atom stereocenters. The van der Waals surface area contributed by atoms with E-state index >= 15 is 0 Å². The van der Waals surface area contributed by atoms with Crippen LogP contribution >= 0.6 is 0 Å². The van der Waals surface area contributed by atoms with E-state index in [0.29, 0.717) is 43.6 Å². The third-order valence-corrected chi connectivity index (χ3v) is 8.25. The highest BCUT2D eigenvalue weighted by atomic mass is 16.5. The largest absolute Gasteiger partial charge is 0.491 e. The van der Waals surface area contributed by atoms with Crippen molar-refractivity contribution in [3.63, 3.8) is 0 Å². The number of carbonyl (C=O) groups excluding carboxylic acids is 2. The minimum atomic E-state index is -1.03. The number of amides is 2. The number of anilines is 3. The Morgan fingerprint density at radius 1 is 1.05 bits per heavy atom. The van der Waals surface area contributed by atoms with Gasteiger partial charge in [0.05, 0.1) is 6.20 Å². The molecule has 1 saturated carbocycles. The fraction of sp³-hybridized carbons (Fsp3) is 0.593. The minimum absolute atomic E-state index is 0.0686. The van der Waals surface area contributed by atoms with Crippen molar-refractivity contribution in [1.82, 2.24) is 25.2 Å². The number of hydrogen-bond acceptors (Lipinski definition) is 8. The number of pyridine rings is 1. The highest BCUT2D eigenvalue weighted by Crippen LogP contribution is 2.44. The van der Waals surface area contributed by atoms with Gasteiger partial charge in [0.15, 0.2) is 0 Å². The minimum Gasteiger partial charge on any atom is -0.491 e. The lowest BCUT2D eigenvalue weighted by Crippen LogP contribution is -2.56. The van der Waals surface area contributed by atoms with Gasteiger partial charge in [0.25, 0.3) is 0 Å². The Morgan fingerprint density at radius 2 is 1.89 bits per heavy atom. The molecule has 0 aromatic carbocycles. The van der Waals surface area contributed by atoms with E-state index in [1.165, 1.54) is 19.3 Å². The third-order valence-electron chi connectivity index (χ3n) is 8.25. The summed E-state index contributed by atoms with van der Waals surface area (Å²) in [7, 11) is 0. The van der Waals surface area contributed by atoms with E-state index in [4.69, 9.17) is 9.72 Å². The summed E-state index contributed by atoms with van der Waals surface area (Å²) in [6.07, 6.45) is 12.2. The quantitative estimate of drug-likeness (QED) is 0.553. The lowest BCUT2D eigenvalue weighted by molar-refractivity contribution is -0.140. The van der Waals surface area contributed by atoms with E-state index in [2.05, 4.69) is 25.5 Å². The average molecular weight is 506 g/mol. The van der Waals surface area contributed by atoms with Crippen molar-refractivity contribution < 1.29 is 14.3 Å². The molecule has 3 fully saturated rings. The molecule has 2 aromatic heterocycles. The van der Waals surface area contributed by atoms with Crippen molar-refractivity contribution in [3.8, 4) is 5.75 Å². The van der Waals surface area contributed by atoms with Crippen molar-refractivity contribution in [2.45, 2.75) is 63.8 Å². The first-order valence-electron chi connectivity index (χ1n) is 13.7. The molecule has 37 heavy (non-hydrogen) atoms. The van der Waals surface area contributed by atoms with E-state index in [0.717, 1.165) is 56.6 Å². The van der Waals surface area contributed by atoms with Crippen LogP contribution in [-0.4, -0.2) is 70.5 Å². The number of nitrogens with one attached hydrogen (secondary N) is 2. The van der Waals surface area contributed by atoms with E-state index in [-0.39, 0.29) is 17.9 Å².